The molecule has 0 radical (unpaired) electrons. The van der Waals surface area contributed by atoms with Gasteiger partial charge in [0.2, 0.25) is 0 Å². The summed E-state index contributed by atoms with van der Waals surface area (Å²) in [5, 5.41) is -0.380. The average Bonchev–Trinajstić information content (AvgIpc) is 3.01. The van der Waals surface area contributed by atoms with Crippen LogP contribution in [0.5, 0.6) is 0 Å². The van der Waals surface area contributed by atoms with Crippen LogP contribution in [0.1, 0.15) is 18.1 Å². The topological polar surface area (TPSA) is 110 Å². The van der Waals surface area contributed by atoms with E-state index in [1.54, 1.807) is 12.1 Å². The van der Waals surface area contributed by atoms with Gasteiger partial charge in [0.1, 0.15) is 6.54 Å². The molecule has 0 aliphatic carbocycles. The number of halogens is 8. The Hall–Kier alpha value is -3.99. The normalized spacial score (nSPS) is 12.0. The van der Waals surface area contributed by atoms with Gasteiger partial charge in [0.15, 0.2) is 0 Å². The van der Waals surface area contributed by atoms with Crippen LogP contribution >= 0.6 is 23.2 Å². The lowest BCUT2D eigenvalue weighted by molar-refractivity contribution is -0.141. The number of anilines is 2. The van der Waals surface area contributed by atoms with Crippen molar-refractivity contribution in [1.82, 2.24) is 0 Å². The first-order valence-electron chi connectivity index (χ1n) is 13.3. The molecule has 18 heteroatoms. The average molecular weight is 758 g/mol. The van der Waals surface area contributed by atoms with E-state index in [1.165, 1.54) is 55.5 Å². The lowest BCUT2D eigenvalue weighted by Crippen LogP contribution is -2.37. The lowest BCUT2D eigenvalue weighted by atomic mass is 10.2. The van der Waals surface area contributed by atoms with Crippen LogP contribution in [0.25, 0.3) is 0 Å². The van der Waals surface area contributed by atoms with E-state index in [4.69, 9.17) is 27.9 Å². The Morgan fingerprint density at radius 3 is 1.71 bits per heavy atom. The minimum atomic E-state index is -4.72. The number of rotatable bonds is 9. The van der Waals surface area contributed by atoms with Gasteiger partial charge >= 0.3 is 18.3 Å². The van der Waals surface area contributed by atoms with Gasteiger partial charge in [0.05, 0.1) is 48.9 Å². The van der Waals surface area contributed by atoms with Gasteiger partial charge in [0, 0.05) is 0 Å². The van der Waals surface area contributed by atoms with E-state index in [-0.39, 0.29) is 32.1 Å². The molecular formula is C30H24Cl2F6N2O6S2. The molecule has 0 aliphatic heterocycles. The van der Waals surface area contributed by atoms with Gasteiger partial charge in [-0.25, -0.2) is 16.8 Å². The van der Waals surface area contributed by atoms with E-state index in [0.29, 0.717) is 16.4 Å². The van der Waals surface area contributed by atoms with Crippen molar-refractivity contribution >= 4 is 60.6 Å². The molecule has 0 fully saturated rings. The van der Waals surface area contributed by atoms with Gasteiger partial charge in [-0.05, 0) is 67.6 Å². The number of carbonyl (C=O) groups excluding carboxylic acids is 1. The highest BCUT2D eigenvalue weighted by atomic mass is 35.5. The molecule has 0 saturated carbocycles. The Morgan fingerprint density at radius 2 is 1.21 bits per heavy atom. The fourth-order valence-electron chi connectivity index (χ4n) is 3.81. The maximum absolute atomic E-state index is 13.1. The van der Waals surface area contributed by atoms with Gasteiger partial charge < -0.3 is 4.74 Å². The molecule has 0 bridgehead atoms. The number of esters is 1. The maximum Gasteiger partial charge on any atom is 0.416 e. The minimum Gasteiger partial charge on any atom is -0.465 e. The summed E-state index contributed by atoms with van der Waals surface area (Å²) in [5.41, 5.74) is -2.88. The van der Waals surface area contributed by atoms with Crippen LogP contribution < -0.4 is 9.03 Å². The van der Waals surface area contributed by atoms with Crippen LogP contribution in [0.3, 0.4) is 0 Å². The smallest absolute Gasteiger partial charge is 0.416 e. The van der Waals surface area contributed by atoms with Crippen LogP contribution in [0.15, 0.2) is 107 Å². The van der Waals surface area contributed by atoms with Crippen LogP contribution in [0.4, 0.5) is 37.7 Å². The van der Waals surface area contributed by atoms with E-state index in [1.807, 2.05) is 0 Å². The van der Waals surface area contributed by atoms with Crippen molar-refractivity contribution < 1.29 is 52.7 Å². The molecule has 0 spiro atoms. The molecule has 0 saturated heterocycles. The van der Waals surface area contributed by atoms with E-state index in [0.717, 1.165) is 24.3 Å². The molecule has 48 heavy (non-hydrogen) atoms. The maximum atomic E-state index is 13.1. The largest absolute Gasteiger partial charge is 0.465 e. The zero-order valence-electron chi connectivity index (χ0n) is 24.4. The molecule has 8 nitrogen and oxygen atoms in total. The summed E-state index contributed by atoms with van der Waals surface area (Å²) in [4.78, 5) is 11.6. The lowest BCUT2D eigenvalue weighted by Gasteiger charge is -2.25. The second kappa shape index (κ2) is 15.5. The van der Waals surface area contributed by atoms with E-state index in [9.17, 15) is 48.0 Å². The van der Waals surface area contributed by atoms with E-state index < -0.39 is 61.7 Å². The summed E-state index contributed by atoms with van der Waals surface area (Å²) in [7, 11) is -8.37. The highest BCUT2D eigenvalue weighted by molar-refractivity contribution is 7.93. The standard InChI is InChI=1S/C17H15ClF3NO4S.C13H9ClF3NO2S/c1-2-26-16(23)11-22(27(24,25)13-6-4-3-5-7-13)15-10-12(17(19,20)21)8-9-14(15)18;14-11-7-6-9(13(15,16)17)8-12(11)18-21(19,20)10-4-2-1-3-5-10/h3-10H,2,11H2,1H3;1-8,18H. The molecule has 0 aromatic heterocycles. The van der Waals surface area contributed by atoms with Gasteiger partial charge in [-0.15, -0.1) is 0 Å². The van der Waals surface area contributed by atoms with Crippen molar-refractivity contribution in [2.24, 2.45) is 0 Å². The Kier molecular flexibility index (Phi) is 12.4. The first-order chi connectivity index (χ1) is 22.3. The number of nitrogens with one attached hydrogen (secondary N) is 1. The highest BCUT2D eigenvalue weighted by Gasteiger charge is 2.35. The summed E-state index contributed by atoms with van der Waals surface area (Å²) >= 11 is 11.7. The zero-order valence-corrected chi connectivity index (χ0v) is 27.5. The van der Waals surface area contributed by atoms with E-state index >= 15 is 0 Å². The van der Waals surface area contributed by atoms with Gasteiger partial charge in [0.25, 0.3) is 20.0 Å². The number of ether oxygens (including phenoxy) is 1. The van der Waals surface area contributed by atoms with E-state index in [2.05, 4.69) is 4.72 Å². The number of benzene rings is 4. The molecule has 1 N–H and O–H groups in total. The Bertz CT molecular complexity index is 1950. The second-order valence-corrected chi connectivity index (χ2v) is 13.8. The van der Waals surface area contributed by atoms with Crippen molar-refractivity contribution in [3.8, 4) is 0 Å². The summed E-state index contributed by atoms with van der Waals surface area (Å²) < 4.78 is 134. The quantitative estimate of drug-likeness (QED) is 0.136. The van der Waals surface area contributed by atoms with Crippen LogP contribution in [-0.2, 0) is 41.9 Å². The van der Waals surface area contributed by atoms with Crippen molar-refractivity contribution in [1.29, 1.82) is 0 Å². The Morgan fingerprint density at radius 1 is 0.729 bits per heavy atom. The molecule has 258 valence electrons. The first kappa shape index (κ1) is 38.5. The number of hydrogen-bond acceptors (Lipinski definition) is 6. The summed E-state index contributed by atoms with van der Waals surface area (Å²) in [6.45, 7) is 0.672. The van der Waals surface area contributed by atoms with Crippen LogP contribution in [0.2, 0.25) is 10.0 Å². The fraction of sp³-hybridized carbons (Fsp3) is 0.167. The number of carbonyl (C=O) groups is 1. The number of nitrogens with zero attached hydrogens (tertiary/aromatic N) is 1. The predicted octanol–water partition coefficient (Wildman–Crippen LogP) is 8.28. The molecule has 0 atom stereocenters. The second-order valence-electron chi connectivity index (χ2n) is 9.40. The number of sulfonamides is 2. The molecule has 0 aliphatic rings. The predicted molar refractivity (Wildman–Crippen MR) is 168 cm³/mol. The molecule has 0 unspecified atom stereocenters. The van der Waals surface area contributed by atoms with Gasteiger partial charge in [-0.1, -0.05) is 59.6 Å². The van der Waals surface area contributed by atoms with Crippen LogP contribution in [-0.4, -0.2) is 36.0 Å². The van der Waals surface area contributed by atoms with Crippen molar-refractivity contribution in [3.05, 3.63) is 118 Å². The Balaban J connectivity index is 0.000000269. The minimum absolute atomic E-state index is 0.0195. The Labute approximate surface area is 282 Å². The number of alkyl halides is 6. The third-order valence-corrected chi connectivity index (χ3v) is 9.85. The number of hydrogen-bond donors (Lipinski definition) is 1. The molecule has 0 amide bonds. The summed E-state index contributed by atoms with van der Waals surface area (Å²) in [6.07, 6.45) is -9.30. The fourth-order valence-corrected chi connectivity index (χ4v) is 6.83. The van der Waals surface area contributed by atoms with Crippen molar-refractivity contribution in [3.63, 3.8) is 0 Å². The van der Waals surface area contributed by atoms with Crippen LogP contribution in [0, 0.1) is 0 Å². The van der Waals surface area contributed by atoms with Gasteiger partial charge in [-0.2, -0.15) is 26.3 Å². The van der Waals surface area contributed by atoms with Crippen molar-refractivity contribution in [2.45, 2.75) is 29.1 Å². The van der Waals surface area contributed by atoms with Gasteiger partial charge in [-0.3, -0.25) is 13.8 Å². The third kappa shape index (κ3) is 10.0. The summed E-state index contributed by atoms with van der Waals surface area (Å²) in [6, 6.07) is 18.9. The summed E-state index contributed by atoms with van der Waals surface area (Å²) in [5.74, 6) is -0.925. The molecular weight excluding hydrogens is 733 g/mol. The molecule has 4 aromatic carbocycles. The first-order valence-corrected chi connectivity index (χ1v) is 17.0. The third-order valence-electron chi connectivity index (χ3n) is 6.04. The molecule has 4 aromatic rings. The highest BCUT2D eigenvalue weighted by Crippen LogP contribution is 2.38. The molecule has 0 heterocycles. The van der Waals surface area contributed by atoms with Crippen molar-refractivity contribution in [2.75, 3.05) is 22.2 Å². The monoisotopic (exact) mass is 756 g/mol. The SMILES string of the molecule is CCOC(=O)CN(c1cc(C(F)(F)F)ccc1Cl)S(=O)(=O)c1ccccc1.O=S(=O)(Nc1cc(C(F)(F)F)ccc1Cl)c1ccccc1. The molecule has 4 rings (SSSR count). The zero-order chi connectivity index (χ0) is 35.9.